The Labute approximate surface area is 146 Å². The molecule has 2 aromatic carbocycles. The van der Waals surface area contributed by atoms with Crippen LogP contribution in [0.3, 0.4) is 0 Å². The maximum atomic E-state index is 12.9. The molecule has 0 bridgehead atoms. The number of hydrogen-bond acceptors (Lipinski definition) is 3. The third-order valence-corrected chi connectivity index (χ3v) is 4.72. The Hall–Kier alpha value is -2.95. The van der Waals surface area contributed by atoms with Gasteiger partial charge in [0, 0.05) is 30.6 Å². The van der Waals surface area contributed by atoms with Crippen LogP contribution in [0.5, 0.6) is 0 Å². The second-order valence-electron chi connectivity index (χ2n) is 6.36. The number of carbonyl (C=O) groups excluding carboxylic acids is 2. The van der Waals surface area contributed by atoms with Gasteiger partial charge in [0.05, 0.1) is 5.71 Å². The third-order valence-electron chi connectivity index (χ3n) is 4.72. The van der Waals surface area contributed by atoms with E-state index in [9.17, 15) is 9.59 Å². The van der Waals surface area contributed by atoms with Crippen LogP contribution in [0, 0.1) is 0 Å². The number of benzene rings is 2. The molecule has 1 N–H and O–H groups in total. The van der Waals surface area contributed by atoms with Gasteiger partial charge in [-0.15, -0.1) is 0 Å². The monoisotopic (exact) mass is 333 g/mol. The summed E-state index contributed by atoms with van der Waals surface area (Å²) in [4.78, 5) is 26.0. The lowest BCUT2D eigenvalue weighted by atomic mass is 9.99. The summed E-state index contributed by atoms with van der Waals surface area (Å²) < 4.78 is 0. The molecule has 2 aliphatic rings. The first-order chi connectivity index (χ1) is 12.2. The van der Waals surface area contributed by atoms with Gasteiger partial charge in [-0.3, -0.25) is 9.59 Å². The highest BCUT2D eigenvalue weighted by molar-refractivity contribution is 6.08. The van der Waals surface area contributed by atoms with Crippen molar-refractivity contribution in [2.24, 2.45) is 5.10 Å². The highest BCUT2D eigenvalue weighted by Gasteiger charge is 2.23. The Morgan fingerprint density at radius 1 is 1.00 bits per heavy atom. The number of nitrogens with one attached hydrogen (secondary N) is 1. The van der Waals surface area contributed by atoms with E-state index in [0.29, 0.717) is 18.4 Å². The van der Waals surface area contributed by atoms with Gasteiger partial charge < -0.3 is 4.90 Å². The predicted molar refractivity (Wildman–Crippen MR) is 96.8 cm³/mol. The van der Waals surface area contributed by atoms with Crippen molar-refractivity contribution in [3.05, 3.63) is 65.2 Å². The minimum absolute atomic E-state index is 0.0255. The largest absolute Gasteiger partial charge is 0.308 e. The zero-order valence-electron chi connectivity index (χ0n) is 13.9. The van der Waals surface area contributed by atoms with E-state index in [-0.39, 0.29) is 11.8 Å². The molecular weight excluding hydrogens is 314 g/mol. The van der Waals surface area contributed by atoms with E-state index in [1.807, 2.05) is 47.4 Å². The van der Waals surface area contributed by atoms with Crippen LogP contribution >= 0.6 is 0 Å². The lowest BCUT2D eigenvalue weighted by Crippen LogP contribution is -2.35. The van der Waals surface area contributed by atoms with Gasteiger partial charge in [-0.1, -0.05) is 30.3 Å². The summed E-state index contributed by atoms with van der Waals surface area (Å²) in [5.41, 5.74) is 7.21. The van der Waals surface area contributed by atoms with E-state index < -0.39 is 0 Å². The first kappa shape index (κ1) is 15.6. The molecule has 5 nitrogen and oxygen atoms in total. The third kappa shape index (κ3) is 3.05. The fourth-order valence-electron chi connectivity index (χ4n) is 3.39. The molecule has 4 rings (SSSR count). The number of anilines is 1. The van der Waals surface area contributed by atoms with Crippen LogP contribution in [0.2, 0.25) is 0 Å². The van der Waals surface area contributed by atoms with Crippen LogP contribution in [0.15, 0.2) is 53.6 Å². The highest BCUT2D eigenvalue weighted by atomic mass is 16.2. The number of fused-ring (bicyclic) bond motifs is 1. The van der Waals surface area contributed by atoms with E-state index in [2.05, 4.69) is 16.6 Å². The number of carbonyl (C=O) groups is 2. The van der Waals surface area contributed by atoms with E-state index in [1.165, 1.54) is 5.56 Å². The van der Waals surface area contributed by atoms with Crippen molar-refractivity contribution in [1.29, 1.82) is 0 Å². The summed E-state index contributed by atoms with van der Waals surface area (Å²) in [6.07, 6.45) is 3.07. The summed E-state index contributed by atoms with van der Waals surface area (Å²) in [5.74, 6) is -0.0307. The Kier molecular flexibility index (Phi) is 4.06. The number of para-hydroxylation sites is 1. The Morgan fingerprint density at radius 2 is 1.80 bits per heavy atom. The number of aryl methyl sites for hydroxylation is 1. The summed E-state index contributed by atoms with van der Waals surface area (Å²) in [5, 5.41) is 4.10. The molecule has 126 valence electrons. The molecule has 0 fully saturated rings. The van der Waals surface area contributed by atoms with Gasteiger partial charge in [0.1, 0.15) is 0 Å². The van der Waals surface area contributed by atoms with E-state index in [1.54, 1.807) is 0 Å². The van der Waals surface area contributed by atoms with Crippen LogP contribution in [-0.4, -0.2) is 24.1 Å². The van der Waals surface area contributed by atoms with Crippen LogP contribution in [0.4, 0.5) is 5.69 Å². The van der Waals surface area contributed by atoms with Gasteiger partial charge in [0.25, 0.3) is 5.91 Å². The molecule has 0 aliphatic carbocycles. The molecule has 2 aromatic rings. The molecule has 25 heavy (non-hydrogen) atoms. The predicted octanol–water partition coefficient (Wildman–Crippen LogP) is 2.89. The van der Waals surface area contributed by atoms with E-state index >= 15 is 0 Å². The standard InChI is InChI=1S/C20H19N3O2/c24-19-12-11-17(21-22-19)14-7-9-16(10-8-14)20(25)23-13-3-5-15-4-1-2-6-18(15)23/h1-2,4,6-10H,3,5,11-13H2,(H,22,24). The van der Waals surface area contributed by atoms with Gasteiger partial charge in [0.2, 0.25) is 5.91 Å². The van der Waals surface area contributed by atoms with E-state index in [0.717, 1.165) is 36.3 Å². The molecule has 5 heteroatoms. The molecule has 2 heterocycles. The Morgan fingerprint density at radius 3 is 2.56 bits per heavy atom. The Bertz CT molecular complexity index is 855. The quantitative estimate of drug-likeness (QED) is 0.918. The molecule has 0 atom stereocenters. The van der Waals surface area contributed by atoms with Crippen LogP contribution in [0.1, 0.15) is 40.7 Å². The number of hydrazone groups is 1. The summed E-state index contributed by atoms with van der Waals surface area (Å²) in [7, 11) is 0. The van der Waals surface area contributed by atoms with Crippen LogP contribution in [0.25, 0.3) is 0 Å². The number of rotatable bonds is 2. The van der Waals surface area contributed by atoms with Crippen molar-refractivity contribution in [3.63, 3.8) is 0 Å². The molecule has 0 aromatic heterocycles. The molecule has 0 spiro atoms. The van der Waals surface area contributed by atoms with Crippen molar-refractivity contribution in [2.45, 2.75) is 25.7 Å². The van der Waals surface area contributed by atoms with Gasteiger partial charge in [0.15, 0.2) is 0 Å². The van der Waals surface area contributed by atoms with Crippen molar-refractivity contribution < 1.29 is 9.59 Å². The van der Waals surface area contributed by atoms with Gasteiger partial charge in [-0.05, 0) is 42.2 Å². The highest BCUT2D eigenvalue weighted by Crippen LogP contribution is 2.28. The zero-order valence-corrected chi connectivity index (χ0v) is 13.9. The SMILES string of the molecule is O=C1CCC(c2ccc(C(=O)N3CCCc4ccccc43)cc2)=NN1. The molecule has 2 aliphatic heterocycles. The van der Waals surface area contributed by atoms with Gasteiger partial charge in [-0.25, -0.2) is 5.43 Å². The minimum Gasteiger partial charge on any atom is -0.308 e. The minimum atomic E-state index is -0.0562. The summed E-state index contributed by atoms with van der Waals surface area (Å²) in [6.45, 7) is 0.746. The van der Waals surface area contributed by atoms with Crippen molar-refractivity contribution >= 4 is 23.2 Å². The molecular formula is C20H19N3O2. The average Bonchev–Trinajstić information content (AvgIpc) is 2.68. The first-order valence-electron chi connectivity index (χ1n) is 8.58. The zero-order chi connectivity index (χ0) is 17.2. The van der Waals surface area contributed by atoms with Crippen molar-refractivity contribution in [1.82, 2.24) is 5.43 Å². The second kappa shape index (κ2) is 6.51. The van der Waals surface area contributed by atoms with Crippen LogP contribution < -0.4 is 10.3 Å². The van der Waals surface area contributed by atoms with Crippen molar-refractivity contribution in [3.8, 4) is 0 Å². The molecule has 0 radical (unpaired) electrons. The summed E-state index contributed by atoms with van der Waals surface area (Å²) >= 11 is 0. The summed E-state index contributed by atoms with van der Waals surface area (Å²) in [6, 6.07) is 15.6. The number of hydrogen-bond donors (Lipinski definition) is 1. The van der Waals surface area contributed by atoms with Gasteiger partial charge >= 0.3 is 0 Å². The smallest absolute Gasteiger partial charge is 0.258 e. The van der Waals surface area contributed by atoms with Crippen molar-refractivity contribution in [2.75, 3.05) is 11.4 Å². The lowest BCUT2D eigenvalue weighted by molar-refractivity contribution is -0.121. The average molecular weight is 333 g/mol. The topological polar surface area (TPSA) is 61.8 Å². The first-order valence-corrected chi connectivity index (χ1v) is 8.58. The Balaban J connectivity index is 1.57. The fourth-order valence-corrected chi connectivity index (χ4v) is 3.39. The van der Waals surface area contributed by atoms with E-state index in [4.69, 9.17) is 0 Å². The number of nitrogens with zero attached hydrogens (tertiary/aromatic N) is 2. The van der Waals surface area contributed by atoms with Gasteiger partial charge in [-0.2, -0.15) is 5.10 Å². The normalized spacial score (nSPS) is 16.7. The number of amides is 2. The molecule has 0 saturated carbocycles. The second-order valence-corrected chi connectivity index (χ2v) is 6.36. The van der Waals surface area contributed by atoms with Crippen LogP contribution in [-0.2, 0) is 11.2 Å². The molecule has 0 saturated heterocycles. The molecule has 0 unspecified atom stereocenters. The lowest BCUT2D eigenvalue weighted by Gasteiger charge is -2.29. The molecule has 2 amide bonds. The maximum Gasteiger partial charge on any atom is 0.258 e. The maximum absolute atomic E-state index is 12.9. The fraction of sp³-hybridized carbons (Fsp3) is 0.250.